The third-order valence-electron chi connectivity index (χ3n) is 6.19. The maximum absolute atomic E-state index is 13.3. The van der Waals surface area contributed by atoms with Gasteiger partial charge in [-0.3, -0.25) is 19.9 Å². The first-order valence-corrected chi connectivity index (χ1v) is 10.4. The Balaban J connectivity index is 1.65. The van der Waals surface area contributed by atoms with Crippen LogP contribution in [0.3, 0.4) is 0 Å². The van der Waals surface area contributed by atoms with E-state index in [9.17, 15) is 9.59 Å². The Morgan fingerprint density at radius 1 is 1.14 bits per heavy atom. The first-order valence-electron chi connectivity index (χ1n) is 10.4. The molecule has 0 bridgehead atoms. The zero-order valence-electron chi connectivity index (χ0n) is 17.3. The SMILES string of the molecule is CCCCN1C(=O)C2C(NC3N(c4ccc(C)cc4)CC(C)CN23)N(C)C1=O. The van der Waals surface area contributed by atoms with Crippen LogP contribution in [0.25, 0.3) is 0 Å². The average Bonchev–Trinajstić information content (AvgIpc) is 3.06. The molecule has 0 saturated carbocycles. The van der Waals surface area contributed by atoms with Crippen LogP contribution in [0.5, 0.6) is 0 Å². The molecule has 152 valence electrons. The molecule has 1 aromatic rings. The van der Waals surface area contributed by atoms with Gasteiger partial charge in [0.15, 0.2) is 0 Å². The smallest absolute Gasteiger partial charge is 0.327 e. The quantitative estimate of drug-likeness (QED) is 0.859. The van der Waals surface area contributed by atoms with Crippen LogP contribution in [0.2, 0.25) is 0 Å². The molecule has 7 nitrogen and oxygen atoms in total. The molecular weight excluding hydrogens is 354 g/mol. The van der Waals surface area contributed by atoms with Crippen molar-refractivity contribution in [2.24, 2.45) is 5.92 Å². The molecule has 3 saturated heterocycles. The Hall–Kier alpha value is -2.12. The molecule has 4 atom stereocenters. The number of unbranched alkanes of at least 4 members (excludes halogenated alkanes) is 1. The topological polar surface area (TPSA) is 59.1 Å². The lowest BCUT2D eigenvalue weighted by molar-refractivity contribution is -0.138. The Morgan fingerprint density at radius 2 is 1.86 bits per heavy atom. The molecule has 3 heterocycles. The van der Waals surface area contributed by atoms with Gasteiger partial charge in [0, 0.05) is 32.4 Å². The summed E-state index contributed by atoms with van der Waals surface area (Å²) in [5, 5.41) is 3.58. The van der Waals surface area contributed by atoms with Crippen LogP contribution < -0.4 is 10.2 Å². The summed E-state index contributed by atoms with van der Waals surface area (Å²) in [4.78, 5) is 33.8. The highest BCUT2D eigenvalue weighted by Gasteiger charge is 2.56. The normalized spacial score (nSPS) is 30.6. The van der Waals surface area contributed by atoms with E-state index in [2.05, 4.69) is 60.2 Å². The number of rotatable bonds is 4. The fourth-order valence-corrected chi connectivity index (χ4v) is 4.68. The molecule has 0 aliphatic carbocycles. The maximum atomic E-state index is 13.3. The second-order valence-electron chi connectivity index (χ2n) is 8.46. The molecule has 3 fully saturated rings. The molecule has 1 N–H and O–H groups in total. The van der Waals surface area contributed by atoms with Crippen LogP contribution in [0.15, 0.2) is 24.3 Å². The molecule has 3 aliphatic heterocycles. The Kier molecular flexibility index (Phi) is 5.05. The minimum Gasteiger partial charge on any atom is -0.343 e. The van der Waals surface area contributed by atoms with Crippen LogP contribution in [-0.2, 0) is 4.79 Å². The predicted octanol–water partition coefficient (Wildman–Crippen LogP) is 2.03. The summed E-state index contributed by atoms with van der Waals surface area (Å²) in [6.07, 6.45) is 1.42. The number of carbonyl (C=O) groups is 2. The van der Waals surface area contributed by atoms with Crippen molar-refractivity contribution in [3.8, 4) is 0 Å². The Morgan fingerprint density at radius 3 is 2.54 bits per heavy atom. The van der Waals surface area contributed by atoms with E-state index in [0.717, 1.165) is 31.6 Å². The van der Waals surface area contributed by atoms with Crippen LogP contribution in [0, 0.1) is 12.8 Å². The molecule has 1 aromatic carbocycles. The van der Waals surface area contributed by atoms with Crippen molar-refractivity contribution in [3.05, 3.63) is 29.8 Å². The summed E-state index contributed by atoms with van der Waals surface area (Å²) in [6, 6.07) is 7.99. The molecule has 4 rings (SSSR count). The summed E-state index contributed by atoms with van der Waals surface area (Å²) >= 11 is 0. The van der Waals surface area contributed by atoms with E-state index in [1.54, 1.807) is 11.9 Å². The van der Waals surface area contributed by atoms with Crippen LogP contribution in [0.1, 0.15) is 32.3 Å². The number of aryl methyl sites for hydroxylation is 1. The predicted molar refractivity (Wildman–Crippen MR) is 109 cm³/mol. The fourth-order valence-electron chi connectivity index (χ4n) is 4.68. The standard InChI is InChI=1S/C21H31N5O2/c1-5-6-11-24-19(27)17-18(23(4)21(24)28)22-20-25(12-15(3)13-26(17)20)16-9-7-14(2)8-10-16/h7-10,15,17-18,20,22H,5-6,11-13H2,1-4H3. The number of anilines is 1. The lowest BCUT2D eigenvalue weighted by Gasteiger charge is -2.46. The number of urea groups is 1. The lowest BCUT2D eigenvalue weighted by Crippen LogP contribution is -2.66. The van der Waals surface area contributed by atoms with Gasteiger partial charge in [0.1, 0.15) is 18.5 Å². The van der Waals surface area contributed by atoms with E-state index < -0.39 is 0 Å². The first-order chi connectivity index (χ1) is 13.4. The van der Waals surface area contributed by atoms with Crippen LogP contribution in [-0.4, -0.2) is 71.8 Å². The molecule has 7 heteroatoms. The van der Waals surface area contributed by atoms with Crippen molar-refractivity contribution in [3.63, 3.8) is 0 Å². The Bertz CT molecular complexity index is 752. The number of fused-ring (bicyclic) bond motifs is 3. The first kappa shape index (κ1) is 19.2. The molecule has 0 radical (unpaired) electrons. The molecule has 3 aliphatic rings. The number of hydrogen-bond acceptors (Lipinski definition) is 5. The largest absolute Gasteiger partial charge is 0.343 e. The third-order valence-corrected chi connectivity index (χ3v) is 6.19. The van der Waals surface area contributed by atoms with Gasteiger partial charge >= 0.3 is 6.03 Å². The van der Waals surface area contributed by atoms with Gasteiger partial charge in [0.05, 0.1) is 0 Å². The maximum Gasteiger partial charge on any atom is 0.327 e. The Labute approximate surface area is 167 Å². The number of likely N-dealkylation sites (N-methyl/N-ethyl adjacent to an activating group) is 1. The highest BCUT2D eigenvalue weighted by molar-refractivity contribution is 6.00. The number of amides is 3. The number of hydrogen-bond donors (Lipinski definition) is 1. The summed E-state index contributed by atoms with van der Waals surface area (Å²) in [6.45, 7) is 8.64. The molecule has 4 unspecified atom stereocenters. The van der Waals surface area contributed by atoms with Crippen molar-refractivity contribution in [2.75, 3.05) is 31.6 Å². The van der Waals surface area contributed by atoms with Crippen molar-refractivity contribution >= 4 is 17.6 Å². The van der Waals surface area contributed by atoms with Gasteiger partial charge in [-0.25, -0.2) is 4.79 Å². The lowest BCUT2D eigenvalue weighted by atomic mass is 10.0. The van der Waals surface area contributed by atoms with Crippen LogP contribution in [0.4, 0.5) is 10.5 Å². The van der Waals surface area contributed by atoms with Gasteiger partial charge in [0.25, 0.3) is 5.91 Å². The van der Waals surface area contributed by atoms with Gasteiger partial charge in [-0.15, -0.1) is 0 Å². The van der Waals surface area contributed by atoms with E-state index in [0.29, 0.717) is 12.5 Å². The average molecular weight is 386 g/mol. The minimum atomic E-state index is -0.333. The highest BCUT2D eigenvalue weighted by Crippen LogP contribution is 2.34. The minimum absolute atomic E-state index is 0.0606. The molecule has 0 aromatic heterocycles. The summed E-state index contributed by atoms with van der Waals surface area (Å²) in [7, 11) is 1.80. The number of benzene rings is 1. The molecule has 3 amide bonds. The van der Waals surface area contributed by atoms with Crippen molar-refractivity contribution < 1.29 is 9.59 Å². The van der Waals surface area contributed by atoms with Gasteiger partial charge in [-0.05, 0) is 31.4 Å². The molecule has 28 heavy (non-hydrogen) atoms. The van der Waals surface area contributed by atoms with Crippen LogP contribution >= 0.6 is 0 Å². The highest BCUT2D eigenvalue weighted by atomic mass is 16.2. The van der Waals surface area contributed by atoms with E-state index in [-0.39, 0.29) is 30.4 Å². The summed E-state index contributed by atoms with van der Waals surface area (Å²) in [5.41, 5.74) is 2.37. The summed E-state index contributed by atoms with van der Waals surface area (Å²) < 4.78 is 0. The third kappa shape index (κ3) is 3.06. The van der Waals surface area contributed by atoms with Gasteiger partial charge in [-0.2, -0.15) is 0 Å². The van der Waals surface area contributed by atoms with Crippen molar-refractivity contribution in [1.82, 2.24) is 20.0 Å². The second-order valence-corrected chi connectivity index (χ2v) is 8.46. The van der Waals surface area contributed by atoms with Crippen molar-refractivity contribution in [1.29, 1.82) is 0 Å². The van der Waals surface area contributed by atoms with E-state index in [1.165, 1.54) is 10.5 Å². The number of nitrogens with zero attached hydrogens (tertiary/aromatic N) is 4. The van der Waals surface area contributed by atoms with Gasteiger partial charge in [0.2, 0.25) is 0 Å². The second kappa shape index (κ2) is 7.37. The van der Waals surface area contributed by atoms with Gasteiger partial charge in [-0.1, -0.05) is 38.0 Å². The zero-order chi connectivity index (χ0) is 20.0. The summed E-state index contributed by atoms with van der Waals surface area (Å²) in [5.74, 6) is 0.368. The number of imide groups is 1. The van der Waals surface area contributed by atoms with E-state index in [4.69, 9.17) is 0 Å². The molecule has 0 spiro atoms. The zero-order valence-corrected chi connectivity index (χ0v) is 17.3. The van der Waals surface area contributed by atoms with E-state index >= 15 is 0 Å². The number of nitrogens with one attached hydrogen (secondary N) is 1. The van der Waals surface area contributed by atoms with E-state index in [1.807, 2.05) is 0 Å². The monoisotopic (exact) mass is 385 g/mol. The van der Waals surface area contributed by atoms with Crippen molar-refractivity contribution in [2.45, 2.75) is 52.1 Å². The number of carbonyl (C=O) groups excluding carboxylic acids is 2. The molecular formula is C21H31N5O2. The van der Waals surface area contributed by atoms with Gasteiger partial charge < -0.3 is 9.80 Å². The fraction of sp³-hybridized carbons (Fsp3) is 0.619.